The van der Waals surface area contributed by atoms with Crippen LogP contribution in [-0.2, 0) is 20.7 Å². The normalized spacial score (nSPS) is 29.0. The van der Waals surface area contributed by atoms with Gasteiger partial charge >= 0.3 is 0 Å². The number of carbonyl (C=O) groups excluding carboxylic acids is 2. The Kier molecular flexibility index (Phi) is 3.68. The van der Waals surface area contributed by atoms with Crippen molar-refractivity contribution in [2.75, 3.05) is 13.2 Å². The second-order valence-electron chi connectivity index (χ2n) is 5.71. The molecule has 0 radical (unpaired) electrons. The highest BCUT2D eigenvalue weighted by Crippen LogP contribution is 2.28. The van der Waals surface area contributed by atoms with Gasteiger partial charge in [-0.15, -0.1) is 0 Å². The smallest absolute Gasteiger partial charge is 0.245 e. The highest BCUT2D eigenvalue weighted by atomic mass is 16.5. The first-order valence-electron chi connectivity index (χ1n) is 7.38. The number of piperazine rings is 1. The molecule has 112 valence electrons. The topological polar surface area (TPSA) is 58.6 Å². The monoisotopic (exact) mass is 288 g/mol. The molecule has 1 N–H and O–H groups in total. The first-order valence-corrected chi connectivity index (χ1v) is 7.38. The third kappa shape index (κ3) is 2.53. The summed E-state index contributed by atoms with van der Waals surface area (Å²) in [7, 11) is 0. The van der Waals surface area contributed by atoms with Crippen molar-refractivity contribution >= 4 is 11.8 Å². The van der Waals surface area contributed by atoms with Gasteiger partial charge in [-0.2, -0.15) is 0 Å². The highest BCUT2D eigenvalue weighted by molar-refractivity contribution is 5.96. The van der Waals surface area contributed by atoms with Gasteiger partial charge in [0.15, 0.2) is 0 Å². The quantitative estimate of drug-likeness (QED) is 0.884. The number of fused-ring (bicyclic) bond motifs is 1. The fraction of sp³-hybridized carbons (Fsp3) is 0.500. The third-order valence-electron chi connectivity index (χ3n) is 4.31. The number of hydrogen-bond donors (Lipinski definition) is 1. The maximum absolute atomic E-state index is 12.3. The first kappa shape index (κ1) is 14.1. The Bertz CT molecular complexity index is 572. The Hall–Kier alpha value is -1.88. The van der Waals surface area contributed by atoms with E-state index in [0.29, 0.717) is 13.2 Å². The summed E-state index contributed by atoms with van der Waals surface area (Å²) in [5.41, 5.74) is 2.39. The summed E-state index contributed by atoms with van der Waals surface area (Å²) in [5.74, 6) is -0.153. The van der Waals surface area contributed by atoms with E-state index in [9.17, 15) is 9.59 Å². The van der Waals surface area contributed by atoms with Crippen molar-refractivity contribution in [3.8, 4) is 0 Å². The van der Waals surface area contributed by atoms with E-state index >= 15 is 0 Å². The summed E-state index contributed by atoms with van der Waals surface area (Å²) in [4.78, 5) is 25.9. The van der Waals surface area contributed by atoms with Gasteiger partial charge in [0, 0.05) is 0 Å². The van der Waals surface area contributed by atoms with E-state index in [2.05, 4.69) is 11.4 Å². The van der Waals surface area contributed by atoms with Crippen LogP contribution in [0.2, 0.25) is 0 Å². The lowest BCUT2D eigenvalue weighted by Crippen LogP contribution is -2.62. The molecule has 0 spiro atoms. The minimum absolute atomic E-state index is 0.0474. The average Bonchev–Trinajstić information content (AvgIpc) is 2.50. The van der Waals surface area contributed by atoms with Crippen molar-refractivity contribution in [3.63, 3.8) is 0 Å². The number of ether oxygens (including phenoxy) is 1. The van der Waals surface area contributed by atoms with Gasteiger partial charge < -0.3 is 15.0 Å². The van der Waals surface area contributed by atoms with Crippen LogP contribution < -0.4 is 5.32 Å². The molecule has 0 saturated carbocycles. The van der Waals surface area contributed by atoms with Gasteiger partial charge in [-0.25, -0.2) is 0 Å². The molecule has 0 bridgehead atoms. The third-order valence-corrected chi connectivity index (χ3v) is 4.31. The van der Waals surface area contributed by atoms with Crippen LogP contribution in [0, 0.1) is 0 Å². The fourth-order valence-corrected chi connectivity index (χ4v) is 3.03. The number of nitrogens with one attached hydrogen (secondary N) is 1. The Balaban J connectivity index is 1.83. The molecule has 2 aliphatic rings. The summed E-state index contributed by atoms with van der Waals surface area (Å²) in [6, 6.07) is 7.23. The Labute approximate surface area is 124 Å². The largest absolute Gasteiger partial charge is 0.371 e. The van der Waals surface area contributed by atoms with Crippen molar-refractivity contribution in [1.29, 1.82) is 0 Å². The Morgan fingerprint density at radius 1 is 1.29 bits per heavy atom. The predicted octanol–water partition coefficient (Wildman–Crippen LogP) is 1.04. The van der Waals surface area contributed by atoms with E-state index in [4.69, 9.17) is 4.74 Å². The molecular formula is C16H20N2O3. The van der Waals surface area contributed by atoms with Crippen LogP contribution in [0.1, 0.15) is 31.1 Å². The molecule has 21 heavy (non-hydrogen) atoms. The standard InChI is InChI=1S/C16H20N2O3/c1-10-16(20)18(11(2)15(19)17-10)9-14-13-6-4-3-5-12(13)7-8-21-14/h3-6,10-11,14H,7-9H2,1-2H3,(H,17,19). The molecule has 3 rings (SSSR count). The van der Waals surface area contributed by atoms with Gasteiger partial charge in [0.1, 0.15) is 18.2 Å². The average molecular weight is 288 g/mol. The second-order valence-corrected chi connectivity index (χ2v) is 5.71. The van der Waals surface area contributed by atoms with E-state index in [1.54, 1.807) is 18.7 Å². The van der Waals surface area contributed by atoms with Crippen molar-refractivity contribution in [2.24, 2.45) is 0 Å². The number of benzene rings is 1. The summed E-state index contributed by atoms with van der Waals surface area (Å²) in [6.07, 6.45) is 0.743. The predicted molar refractivity (Wildman–Crippen MR) is 77.6 cm³/mol. The maximum atomic E-state index is 12.3. The maximum Gasteiger partial charge on any atom is 0.245 e. The lowest BCUT2D eigenvalue weighted by Gasteiger charge is -2.39. The van der Waals surface area contributed by atoms with Gasteiger partial charge in [-0.3, -0.25) is 9.59 Å². The van der Waals surface area contributed by atoms with E-state index in [-0.39, 0.29) is 17.9 Å². The van der Waals surface area contributed by atoms with Gasteiger partial charge in [-0.05, 0) is 31.4 Å². The van der Waals surface area contributed by atoms with Crippen molar-refractivity contribution in [3.05, 3.63) is 35.4 Å². The van der Waals surface area contributed by atoms with Crippen LogP contribution in [0.4, 0.5) is 0 Å². The molecule has 2 heterocycles. The van der Waals surface area contributed by atoms with Crippen LogP contribution in [0.3, 0.4) is 0 Å². The zero-order valence-corrected chi connectivity index (χ0v) is 12.3. The van der Waals surface area contributed by atoms with Gasteiger partial charge in [-0.1, -0.05) is 24.3 Å². The molecule has 3 unspecified atom stereocenters. The minimum atomic E-state index is -0.465. The molecule has 1 saturated heterocycles. The van der Waals surface area contributed by atoms with E-state index in [1.807, 2.05) is 18.2 Å². The number of hydrogen-bond acceptors (Lipinski definition) is 3. The highest BCUT2D eigenvalue weighted by Gasteiger charge is 2.37. The molecule has 1 aromatic carbocycles. The molecule has 3 atom stereocenters. The van der Waals surface area contributed by atoms with Gasteiger partial charge in [0.2, 0.25) is 11.8 Å². The van der Waals surface area contributed by atoms with Crippen LogP contribution in [-0.4, -0.2) is 41.9 Å². The first-order chi connectivity index (χ1) is 10.1. The molecule has 2 aliphatic heterocycles. The minimum Gasteiger partial charge on any atom is -0.371 e. The molecule has 1 fully saturated rings. The molecular weight excluding hydrogens is 268 g/mol. The number of amides is 2. The molecule has 1 aromatic rings. The number of carbonyl (C=O) groups is 2. The number of rotatable bonds is 2. The van der Waals surface area contributed by atoms with Crippen molar-refractivity contribution < 1.29 is 14.3 Å². The molecule has 5 heteroatoms. The summed E-state index contributed by atoms with van der Waals surface area (Å²) >= 11 is 0. The van der Waals surface area contributed by atoms with Crippen LogP contribution in [0.5, 0.6) is 0 Å². The van der Waals surface area contributed by atoms with E-state index in [1.165, 1.54) is 5.56 Å². The van der Waals surface area contributed by atoms with Gasteiger partial charge in [0.05, 0.1) is 13.2 Å². The summed E-state index contributed by atoms with van der Waals surface area (Å²) in [6.45, 7) is 4.55. The summed E-state index contributed by atoms with van der Waals surface area (Å²) in [5, 5.41) is 2.69. The second kappa shape index (κ2) is 5.48. The summed E-state index contributed by atoms with van der Waals surface area (Å²) < 4.78 is 5.85. The Morgan fingerprint density at radius 2 is 2.05 bits per heavy atom. The number of nitrogens with zero attached hydrogens (tertiary/aromatic N) is 1. The fourth-order valence-electron chi connectivity index (χ4n) is 3.03. The SMILES string of the molecule is CC1NC(=O)C(C)N(CC2OCCc3ccccc32)C1=O. The van der Waals surface area contributed by atoms with Crippen LogP contribution in [0.25, 0.3) is 0 Å². The molecule has 2 amide bonds. The Morgan fingerprint density at radius 3 is 2.86 bits per heavy atom. The van der Waals surface area contributed by atoms with Crippen LogP contribution >= 0.6 is 0 Å². The van der Waals surface area contributed by atoms with E-state index < -0.39 is 12.1 Å². The van der Waals surface area contributed by atoms with E-state index in [0.717, 1.165) is 12.0 Å². The lowest BCUT2D eigenvalue weighted by molar-refractivity contribution is -0.150. The zero-order chi connectivity index (χ0) is 15.0. The zero-order valence-electron chi connectivity index (χ0n) is 12.3. The lowest BCUT2D eigenvalue weighted by atomic mass is 9.96. The van der Waals surface area contributed by atoms with Gasteiger partial charge in [0.25, 0.3) is 0 Å². The molecule has 0 aliphatic carbocycles. The van der Waals surface area contributed by atoms with Crippen molar-refractivity contribution in [2.45, 2.75) is 38.5 Å². The van der Waals surface area contributed by atoms with Crippen molar-refractivity contribution in [1.82, 2.24) is 10.2 Å². The molecule has 0 aromatic heterocycles. The van der Waals surface area contributed by atoms with Crippen LogP contribution in [0.15, 0.2) is 24.3 Å². The molecule has 5 nitrogen and oxygen atoms in total.